The molecule has 0 aliphatic heterocycles. The molecule has 0 unspecified atom stereocenters. The molecule has 0 bridgehead atoms. The van der Waals surface area contributed by atoms with Crippen molar-refractivity contribution in [2.75, 3.05) is 6.54 Å². The van der Waals surface area contributed by atoms with E-state index in [1.807, 2.05) is 0 Å². The van der Waals surface area contributed by atoms with E-state index in [1.54, 1.807) is 58.0 Å². The normalized spacial score (nSPS) is 11.2. The average molecular weight is 360 g/mol. The van der Waals surface area contributed by atoms with Crippen LogP contribution in [-0.2, 0) is 0 Å². The van der Waals surface area contributed by atoms with Crippen molar-refractivity contribution in [1.82, 2.24) is 10.0 Å². The van der Waals surface area contributed by atoms with Gasteiger partial charge in [0.2, 0.25) is 0 Å². The fourth-order valence-corrected chi connectivity index (χ4v) is 2.66. The largest absolute Gasteiger partial charge is 0.276 e. The smallest absolute Gasteiger partial charge is 0.267 e. The summed E-state index contributed by atoms with van der Waals surface area (Å²) < 4.78 is 27.7. The standard InChI is InChI=1S/C20H22F2N2O2/c1-5-23(18(25)14-9-7-6-8-10-14)24(20(2,3)4)19(26)16-13-15(21)11-12-17(16)22/h6-13H,5H2,1-4H3. The number of hydrazine groups is 1. The Balaban J connectivity index is 2.50. The summed E-state index contributed by atoms with van der Waals surface area (Å²) in [4.78, 5) is 25.9. The lowest BCUT2D eigenvalue weighted by Crippen LogP contribution is -2.58. The zero-order valence-corrected chi connectivity index (χ0v) is 15.3. The Morgan fingerprint density at radius 2 is 1.58 bits per heavy atom. The van der Waals surface area contributed by atoms with Gasteiger partial charge in [0.1, 0.15) is 11.6 Å². The van der Waals surface area contributed by atoms with Gasteiger partial charge in [-0.05, 0) is 58.0 Å². The van der Waals surface area contributed by atoms with E-state index < -0.39 is 34.6 Å². The van der Waals surface area contributed by atoms with Crippen molar-refractivity contribution in [3.8, 4) is 0 Å². The van der Waals surface area contributed by atoms with Gasteiger partial charge in [-0.2, -0.15) is 0 Å². The average Bonchev–Trinajstić information content (AvgIpc) is 2.60. The highest BCUT2D eigenvalue weighted by atomic mass is 19.1. The third kappa shape index (κ3) is 4.07. The number of hydrogen-bond donors (Lipinski definition) is 0. The van der Waals surface area contributed by atoms with Crippen molar-refractivity contribution in [2.24, 2.45) is 0 Å². The number of rotatable bonds is 3. The molecule has 0 aliphatic rings. The van der Waals surface area contributed by atoms with Crippen LogP contribution in [0.4, 0.5) is 8.78 Å². The second-order valence-corrected chi connectivity index (χ2v) is 6.80. The lowest BCUT2D eigenvalue weighted by atomic mass is 10.1. The van der Waals surface area contributed by atoms with Gasteiger partial charge in [-0.3, -0.25) is 9.59 Å². The van der Waals surface area contributed by atoms with E-state index in [4.69, 9.17) is 0 Å². The third-order valence-electron chi connectivity index (χ3n) is 3.78. The SMILES string of the molecule is CCN(C(=O)c1ccccc1)N(C(=O)c1cc(F)ccc1F)C(C)(C)C. The summed E-state index contributed by atoms with van der Waals surface area (Å²) in [5.74, 6) is -2.73. The predicted octanol–water partition coefficient (Wildman–Crippen LogP) is 4.28. The molecule has 0 N–H and O–H groups in total. The van der Waals surface area contributed by atoms with Crippen LogP contribution in [0, 0.1) is 11.6 Å². The van der Waals surface area contributed by atoms with Gasteiger partial charge in [-0.15, -0.1) is 0 Å². The quantitative estimate of drug-likeness (QED) is 0.767. The Bertz CT molecular complexity index is 801. The van der Waals surface area contributed by atoms with E-state index in [0.29, 0.717) is 5.56 Å². The molecule has 138 valence electrons. The van der Waals surface area contributed by atoms with Gasteiger partial charge in [0.25, 0.3) is 11.8 Å². The van der Waals surface area contributed by atoms with Crippen LogP contribution in [0.1, 0.15) is 48.4 Å². The van der Waals surface area contributed by atoms with Gasteiger partial charge in [-0.1, -0.05) is 18.2 Å². The van der Waals surface area contributed by atoms with E-state index in [2.05, 4.69) is 0 Å². The maximum absolute atomic E-state index is 14.1. The minimum atomic E-state index is -0.839. The summed E-state index contributed by atoms with van der Waals surface area (Å²) in [5, 5.41) is 2.43. The van der Waals surface area contributed by atoms with Gasteiger partial charge in [0.05, 0.1) is 11.1 Å². The molecule has 0 atom stereocenters. The second kappa shape index (κ2) is 7.64. The first-order chi connectivity index (χ1) is 12.2. The molecule has 2 aromatic rings. The zero-order chi connectivity index (χ0) is 19.5. The molecule has 0 saturated carbocycles. The van der Waals surface area contributed by atoms with Crippen molar-refractivity contribution in [2.45, 2.75) is 33.2 Å². The Hall–Kier alpha value is -2.76. The van der Waals surface area contributed by atoms with Crippen molar-refractivity contribution in [1.29, 1.82) is 0 Å². The minimum absolute atomic E-state index is 0.188. The number of nitrogens with zero attached hydrogens (tertiary/aromatic N) is 2. The summed E-state index contributed by atoms with van der Waals surface area (Å²) >= 11 is 0. The molecule has 26 heavy (non-hydrogen) atoms. The summed E-state index contributed by atoms with van der Waals surface area (Å²) in [6, 6.07) is 11.2. The van der Waals surface area contributed by atoms with Crippen LogP contribution in [0.25, 0.3) is 0 Å². The highest BCUT2D eigenvalue weighted by Crippen LogP contribution is 2.23. The summed E-state index contributed by atoms with van der Waals surface area (Å²) in [6.07, 6.45) is 0. The summed E-state index contributed by atoms with van der Waals surface area (Å²) in [5.41, 5.74) is -0.855. The molecule has 0 heterocycles. The fraction of sp³-hybridized carbons (Fsp3) is 0.300. The zero-order valence-electron chi connectivity index (χ0n) is 15.3. The molecule has 0 aliphatic carbocycles. The summed E-state index contributed by atoms with van der Waals surface area (Å²) in [6.45, 7) is 7.08. The van der Waals surface area contributed by atoms with E-state index in [1.165, 1.54) is 10.0 Å². The molecule has 0 spiro atoms. The van der Waals surface area contributed by atoms with Gasteiger partial charge < -0.3 is 0 Å². The van der Waals surface area contributed by atoms with Gasteiger partial charge in [0, 0.05) is 12.1 Å². The maximum Gasteiger partial charge on any atom is 0.276 e. The molecule has 4 nitrogen and oxygen atoms in total. The number of amides is 2. The maximum atomic E-state index is 14.1. The predicted molar refractivity (Wildman–Crippen MR) is 95.4 cm³/mol. The van der Waals surface area contributed by atoms with Crippen molar-refractivity contribution in [3.05, 3.63) is 71.3 Å². The number of hydrogen-bond acceptors (Lipinski definition) is 2. The van der Waals surface area contributed by atoms with E-state index >= 15 is 0 Å². The molecule has 0 aromatic heterocycles. The van der Waals surface area contributed by atoms with Crippen LogP contribution in [-0.4, -0.2) is 33.9 Å². The molecular weight excluding hydrogens is 338 g/mol. The molecule has 2 aromatic carbocycles. The molecular formula is C20H22F2N2O2. The molecule has 0 saturated heterocycles. The highest BCUT2D eigenvalue weighted by Gasteiger charge is 2.36. The minimum Gasteiger partial charge on any atom is -0.267 e. The first-order valence-electron chi connectivity index (χ1n) is 8.33. The fourth-order valence-electron chi connectivity index (χ4n) is 2.66. The molecule has 0 fully saturated rings. The van der Waals surface area contributed by atoms with Crippen LogP contribution in [0.2, 0.25) is 0 Å². The lowest BCUT2D eigenvalue weighted by molar-refractivity contribution is -0.0413. The highest BCUT2D eigenvalue weighted by molar-refractivity contribution is 5.99. The van der Waals surface area contributed by atoms with Crippen molar-refractivity contribution < 1.29 is 18.4 Å². The Morgan fingerprint density at radius 1 is 0.962 bits per heavy atom. The molecule has 2 amide bonds. The Kier molecular flexibility index (Phi) is 5.75. The van der Waals surface area contributed by atoms with Crippen LogP contribution >= 0.6 is 0 Å². The first kappa shape index (κ1) is 19.6. The lowest BCUT2D eigenvalue weighted by Gasteiger charge is -2.43. The number of halogens is 2. The summed E-state index contributed by atoms with van der Waals surface area (Å²) in [7, 11) is 0. The van der Waals surface area contributed by atoms with Gasteiger partial charge in [0.15, 0.2) is 0 Å². The Morgan fingerprint density at radius 3 is 2.12 bits per heavy atom. The van der Waals surface area contributed by atoms with E-state index in [-0.39, 0.29) is 6.54 Å². The van der Waals surface area contributed by atoms with E-state index in [9.17, 15) is 18.4 Å². The molecule has 2 rings (SSSR count). The molecule has 6 heteroatoms. The van der Waals surface area contributed by atoms with Crippen molar-refractivity contribution in [3.63, 3.8) is 0 Å². The monoisotopic (exact) mass is 360 g/mol. The van der Waals surface area contributed by atoms with Crippen LogP contribution < -0.4 is 0 Å². The second-order valence-electron chi connectivity index (χ2n) is 6.80. The molecule has 0 radical (unpaired) electrons. The number of benzene rings is 2. The topological polar surface area (TPSA) is 40.6 Å². The van der Waals surface area contributed by atoms with Gasteiger partial charge in [-0.25, -0.2) is 18.8 Å². The van der Waals surface area contributed by atoms with Crippen molar-refractivity contribution >= 4 is 11.8 Å². The number of carbonyl (C=O) groups is 2. The van der Waals surface area contributed by atoms with E-state index in [0.717, 1.165) is 18.2 Å². The first-order valence-corrected chi connectivity index (χ1v) is 8.33. The number of carbonyl (C=O) groups excluding carboxylic acids is 2. The Labute approximate surface area is 152 Å². The van der Waals surface area contributed by atoms with Gasteiger partial charge >= 0.3 is 0 Å². The van der Waals surface area contributed by atoms with Crippen LogP contribution in [0.3, 0.4) is 0 Å². The van der Waals surface area contributed by atoms with Crippen LogP contribution in [0.5, 0.6) is 0 Å². The van der Waals surface area contributed by atoms with Crippen LogP contribution in [0.15, 0.2) is 48.5 Å². The third-order valence-corrected chi connectivity index (χ3v) is 3.78.